The van der Waals surface area contributed by atoms with Gasteiger partial charge in [0, 0.05) is 35.6 Å². The van der Waals surface area contributed by atoms with Crippen molar-refractivity contribution in [2.24, 2.45) is 0 Å². The molecule has 0 amide bonds. The summed E-state index contributed by atoms with van der Waals surface area (Å²) in [6, 6.07) is 7.60. The molecule has 0 fully saturated rings. The number of ketones is 1. The van der Waals surface area contributed by atoms with Crippen LogP contribution in [0.5, 0.6) is 0 Å². The van der Waals surface area contributed by atoms with E-state index in [1.54, 1.807) is 19.2 Å². The summed E-state index contributed by atoms with van der Waals surface area (Å²) in [7, 11) is -2.18. The van der Waals surface area contributed by atoms with Crippen molar-refractivity contribution in [3.63, 3.8) is 0 Å². The Morgan fingerprint density at radius 1 is 1.23 bits per heavy atom. The molecular formula is C21H27ClN2O6S. The smallest absolute Gasteiger partial charge is 0.307 e. The van der Waals surface area contributed by atoms with Gasteiger partial charge in [-0.25, -0.2) is 13.1 Å². The first-order valence-electron chi connectivity index (χ1n) is 9.68. The fourth-order valence-corrected chi connectivity index (χ4v) is 4.69. The summed E-state index contributed by atoms with van der Waals surface area (Å²) in [5.74, 6) is -1.000. The number of hydrogen-bond donors (Lipinski definition) is 1. The summed E-state index contributed by atoms with van der Waals surface area (Å²) >= 11 is 5.81. The second-order valence-electron chi connectivity index (χ2n) is 7.15. The van der Waals surface area contributed by atoms with Crippen molar-refractivity contribution in [3.05, 3.63) is 52.3 Å². The first-order valence-corrected chi connectivity index (χ1v) is 11.5. The van der Waals surface area contributed by atoms with Crippen LogP contribution in [0.2, 0.25) is 5.02 Å². The average molecular weight is 471 g/mol. The topological polar surface area (TPSA) is 104 Å². The Hall–Kier alpha value is -2.20. The number of Topliss-reactive ketones (excluding diaryl/α,β-unsaturated/α-hetero) is 1. The largest absolute Gasteiger partial charge is 0.457 e. The molecule has 0 saturated carbocycles. The number of nitrogens with zero attached hydrogens (tertiary/aromatic N) is 1. The summed E-state index contributed by atoms with van der Waals surface area (Å²) in [6.45, 7) is 5.65. The van der Waals surface area contributed by atoms with Crippen LogP contribution in [-0.2, 0) is 24.3 Å². The van der Waals surface area contributed by atoms with E-state index in [1.807, 2.05) is 25.3 Å². The van der Waals surface area contributed by atoms with Gasteiger partial charge in [0.05, 0.1) is 24.0 Å². The third-order valence-electron chi connectivity index (χ3n) is 4.73. The number of rotatable bonds is 11. The number of halogens is 1. The summed E-state index contributed by atoms with van der Waals surface area (Å²) in [6.07, 6.45) is -0.211. The molecule has 8 nitrogen and oxygen atoms in total. The predicted molar refractivity (Wildman–Crippen MR) is 117 cm³/mol. The molecule has 0 spiro atoms. The van der Waals surface area contributed by atoms with Crippen LogP contribution < -0.4 is 4.72 Å². The number of nitrogens with one attached hydrogen (secondary N) is 1. The zero-order valence-electron chi connectivity index (χ0n) is 18.0. The van der Waals surface area contributed by atoms with Gasteiger partial charge in [0.25, 0.3) is 0 Å². The number of ether oxygens (including phenoxy) is 2. The zero-order chi connectivity index (χ0) is 23.2. The van der Waals surface area contributed by atoms with Crippen molar-refractivity contribution < 1.29 is 27.5 Å². The minimum absolute atomic E-state index is 0.00148. The maximum absolute atomic E-state index is 12.5. The highest BCUT2D eigenvalue weighted by molar-refractivity contribution is 7.89. The lowest BCUT2D eigenvalue weighted by atomic mass is 10.1. The standard InChI is InChI=1S/C21H27ClN2O6S/c1-14-10-19(16(3)24(14)15(2)12-29-4)20(25)13-30-21(26)8-9-23-31(27,28)18-7-5-6-17(22)11-18/h5-7,10-11,15,23H,8-9,12-13H2,1-4H3. The molecule has 2 aromatic rings. The minimum Gasteiger partial charge on any atom is -0.457 e. The summed E-state index contributed by atoms with van der Waals surface area (Å²) in [5, 5.41) is 0.289. The van der Waals surface area contributed by atoms with Crippen LogP contribution in [-0.4, -0.2) is 51.6 Å². The molecule has 31 heavy (non-hydrogen) atoms. The lowest BCUT2D eigenvalue weighted by Gasteiger charge is -2.17. The molecule has 1 atom stereocenters. The first-order chi connectivity index (χ1) is 14.6. The number of hydrogen-bond acceptors (Lipinski definition) is 6. The number of carbonyl (C=O) groups is 2. The van der Waals surface area contributed by atoms with E-state index in [-0.39, 0.29) is 34.7 Å². The van der Waals surface area contributed by atoms with Crippen LogP contribution >= 0.6 is 11.6 Å². The zero-order valence-corrected chi connectivity index (χ0v) is 19.5. The van der Waals surface area contributed by atoms with E-state index in [9.17, 15) is 18.0 Å². The van der Waals surface area contributed by atoms with Gasteiger partial charge in [-0.05, 0) is 45.0 Å². The lowest BCUT2D eigenvalue weighted by Crippen LogP contribution is -2.27. The molecule has 0 radical (unpaired) electrons. The number of carbonyl (C=O) groups excluding carboxylic acids is 2. The molecule has 0 aliphatic rings. The van der Waals surface area contributed by atoms with Gasteiger partial charge in [-0.1, -0.05) is 17.7 Å². The van der Waals surface area contributed by atoms with Crippen LogP contribution in [0.4, 0.5) is 0 Å². The van der Waals surface area contributed by atoms with Gasteiger partial charge in [-0.2, -0.15) is 0 Å². The molecule has 2 rings (SSSR count). The van der Waals surface area contributed by atoms with Crippen molar-refractivity contribution in [2.75, 3.05) is 26.9 Å². The van der Waals surface area contributed by atoms with E-state index in [4.69, 9.17) is 21.1 Å². The fourth-order valence-electron chi connectivity index (χ4n) is 3.35. The first kappa shape index (κ1) is 25.1. The SMILES string of the molecule is COCC(C)n1c(C)cc(C(=O)COC(=O)CCNS(=O)(=O)c2cccc(Cl)c2)c1C. The quantitative estimate of drug-likeness (QED) is 0.400. The average Bonchev–Trinajstić information content (AvgIpc) is 3.00. The van der Waals surface area contributed by atoms with Crippen molar-refractivity contribution in [1.82, 2.24) is 9.29 Å². The number of aryl methyl sites for hydroxylation is 1. The molecule has 0 aliphatic heterocycles. The van der Waals surface area contributed by atoms with E-state index < -0.39 is 22.6 Å². The highest BCUT2D eigenvalue weighted by Gasteiger charge is 2.20. The molecule has 10 heteroatoms. The Morgan fingerprint density at radius 3 is 2.58 bits per heavy atom. The van der Waals surface area contributed by atoms with Crippen LogP contribution in [0.1, 0.15) is 41.1 Å². The Kier molecular flexibility index (Phi) is 8.81. The van der Waals surface area contributed by atoms with Crippen molar-refractivity contribution >= 4 is 33.4 Å². The number of esters is 1. The van der Waals surface area contributed by atoms with Gasteiger partial charge in [0.1, 0.15) is 0 Å². The molecule has 1 aromatic carbocycles. The van der Waals surface area contributed by atoms with E-state index in [0.717, 1.165) is 11.4 Å². The predicted octanol–water partition coefficient (Wildman–Crippen LogP) is 3.06. The Labute approximate surface area is 187 Å². The van der Waals surface area contributed by atoms with E-state index in [2.05, 4.69) is 4.72 Å². The Balaban J connectivity index is 1.88. The Morgan fingerprint density at radius 2 is 1.94 bits per heavy atom. The Bertz CT molecular complexity index is 1050. The maximum Gasteiger partial charge on any atom is 0.307 e. The van der Waals surface area contributed by atoms with Gasteiger partial charge >= 0.3 is 5.97 Å². The van der Waals surface area contributed by atoms with Crippen LogP contribution in [0, 0.1) is 13.8 Å². The molecule has 1 unspecified atom stereocenters. The summed E-state index contributed by atoms with van der Waals surface area (Å²) in [5.41, 5.74) is 2.17. The molecule has 1 aromatic heterocycles. The monoisotopic (exact) mass is 470 g/mol. The highest BCUT2D eigenvalue weighted by atomic mass is 35.5. The van der Waals surface area contributed by atoms with E-state index >= 15 is 0 Å². The van der Waals surface area contributed by atoms with E-state index in [1.165, 1.54) is 18.2 Å². The molecule has 1 heterocycles. The molecule has 0 saturated heterocycles. The van der Waals surface area contributed by atoms with Crippen molar-refractivity contribution in [3.8, 4) is 0 Å². The minimum atomic E-state index is -3.80. The number of methoxy groups -OCH3 is 1. The highest BCUT2D eigenvalue weighted by Crippen LogP contribution is 2.21. The summed E-state index contributed by atoms with van der Waals surface area (Å²) < 4.78 is 38.9. The molecule has 170 valence electrons. The molecular weight excluding hydrogens is 444 g/mol. The van der Waals surface area contributed by atoms with Gasteiger partial charge in [0.15, 0.2) is 6.61 Å². The fraction of sp³-hybridized carbons (Fsp3) is 0.429. The van der Waals surface area contributed by atoms with Crippen molar-refractivity contribution in [2.45, 2.75) is 38.1 Å². The second kappa shape index (κ2) is 10.9. The van der Waals surface area contributed by atoms with Gasteiger partial charge in [-0.15, -0.1) is 0 Å². The van der Waals surface area contributed by atoms with Gasteiger partial charge < -0.3 is 14.0 Å². The van der Waals surface area contributed by atoms with Gasteiger partial charge in [0.2, 0.25) is 15.8 Å². The van der Waals surface area contributed by atoms with Crippen LogP contribution in [0.25, 0.3) is 0 Å². The lowest BCUT2D eigenvalue weighted by molar-refractivity contribution is -0.142. The van der Waals surface area contributed by atoms with Crippen molar-refractivity contribution in [1.29, 1.82) is 0 Å². The number of sulfonamides is 1. The second-order valence-corrected chi connectivity index (χ2v) is 9.35. The van der Waals surface area contributed by atoms with Crippen LogP contribution in [0.3, 0.4) is 0 Å². The molecule has 0 aliphatic carbocycles. The molecule has 0 bridgehead atoms. The maximum atomic E-state index is 12.5. The molecule has 1 N–H and O–H groups in total. The van der Waals surface area contributed by atoms with E-state index in [0.29, 0.717) is 12.2 Å². The number of benzene rings is 1. The number of aromatic nitrogens is 1. The third kappa shape index (κ3) is 6.64. The van der Waals surface area contributed by atoms with Crippen LogP contribution in [0.15, 0.2) is 35.2 Å². The van der Waals surface area contributed by atoms with Gasteiger partial charge in [-0.3, -0.25) is 9.59 Å². The third-order valence-corrected chi connectivity index (χ3v) is 6.42. The normalized spacial score (nSPS) is 12.5. The summed E-state index contributed by atoms with van der Waals surface area (Å²) in [4.78, 5) is 24.5.